The van der Waals surface area contributed by atoms with Crippen molar-refractivity contribution in [3.63, 3.8) is 0 Å². The second kappa shape index (κ2) is 7.50. The maximum atomic E-state index is 12.4. The Kier molecular flexibility index (Phi) is 4.75. The summed E-state index contributed by atoms with van der Waals surface area (Å²) in [6.45, 7) is 2.76. The molecule has 0 aliphatic rings. The molecule has 2 heterocycles. The van der Waals surface area contributed by atoms with Gasteiger partial charge < -0.3 is 14.9 Å². The summed E-state index contributed by atoms with van der Waals surface area (Å²) < 4.78 is 1.91. The first-order chi connectivity index (χ1) is 13.3. The SMILES string of the molecule is CCc1cccc2c(CCNC(=O)c3ccc(-n4ccnc4)cc3)c[nH]c12. The quantitative estimate of drug-likeness (QED) is 0.549. The molecular formula is C22H22N4O. The van der Waals surface area contributed by atoms with Crippen LogP contribution in [0.25, 0.3) is 16.6 Å². The number of carbonyl (C=O) groups is 1. The van der Waals surface area contributed by atoms with Gasteiger partial charge in [-0.1, -0.05) is 25.1 Å². The zero-order chi connectivity index (χ0) is 18.6. The van der Waals surface area contributed by atoms with E-state index in [2.05, 4.69) is 46.6 Å². The van der Waals surface area contributed by atoms with Gasteiger partial charge in [0.1, 0.15) is 0 Å². The van der Waals surface area contributed by atoms with E-state index in [0.717, 1.165) is 18.5 Å². The number of hydrogen-bond acceptors (Lipinski definition) is 2. The molecule has 0 unspecified atom stereocenters. The molecule has 2 N–H and O–H groups in total. The third-order valence-electron chi connectivity index (χ3n) is 4.88. The lowest BCUT2D eigenvalue weighted by Gasteiger charge is -2.07. The number of carbonyl (C=O) groups excluding carboxylic acids is 1. The van der Waals surface area contributed by atoms with E-state index in [-0.39, 0.29) is 5.91 Å². The second-order valence-electron chi connectivity index (χ2n) is 6.53. The fourth-order valence-corrected chi connectivity index (χ4v) is 3.39. The van der Waals surface area contributed by atoms with E-state index in [1.165, 1.54) is 22.0 Å². The molecule has 0 aliphatic heterocycles. The minimum atomic E-state index is -0.0544. The summed E-state index contributed by atoms with van der Waals surface area (Å²) in [6, 6.07) is 13.9. The number of hydrogen-bond donors (Lipinski definition) is 2. The smallest absolute Gasteiger partial charge is 0.251 e. The van der Waals surface area contributed by atoms with Crippen LogP contribution in [-0.4, -0.2) is 27.0 Å². The normalized spacial score (nSPS) is 11.0. The number of benzene rings is 2. The van der Waals surface area contributed by atoms with Crippen LogP contribution < -0.4 is 5.32 Å². The molecule has 0 spiro atoms. The van der Waals surface area contributed by atoms with Crippen LogP contribution in [0.4, 0.5) is 0 Å². The second-order valence-corrected chi connectivity index (χ2v) is 6.53. The number of H-pyrrole nitrogens is 1. The molecule has 0 radical (unpaired) electrons. The van der Waals surface area contributed by atoms with Crippen LogP contribution >= 0.6 is 0 Å². The van der Waals surface area contributed by atoms with Crippen molar-refractivity contribution >= 4 is 16.8 Å². The molecule has 4 aromatic rings. The largest absolute Gasteiger partial charge is 0.361 e. The van der Waals surface area contributed by atoms with E-state index in [1.807, 2.05) is 35.0 Å². The van der Waals surface area contributed by atoms with Gasteiger partial charge in [-0.2, -0.15) is 0 Å². The molecule has 2 aromatic carbocycles. The minimum absolute atomic E-state index is 0.0544. The Morgan fingerprint density at radius 1 is 1.15 bits per heavy atom. The molecular weight excluding hydrogens is 336 g/mol. The van der Waals surface area contributed by atoms with Crippen LogP contribution in [0.2, 0.25) is 0 Å². The number of fused-ring (bicyclic) bond motifs is 1. The van der Waals surface area contributed by atoms with Gasteiger partial charge in [-0.05, 0) is 48.2 Å². The molecule has 0 saturated carbocycles. The zero-order valence-corrected chi connectivity index (χ0v) is 15.3. The highest BCUT2D eigenvalue weighted by Crippen LogP contribution is 2.22. The topological polar surface area (TPSA) is 62.7 Å². The lowest BCUT2D eigenvalue weighted by Crippen LogP contribution is -2.25. The first-order valence-corrected chi connectivity index (χ1v) is 9.20. The van der Waals surface area contributed by atoms with Gasteiger partial charge in [-0.15, -0.1) is 0 Å². The number of aryl methyl sites for hydroxylation is 1. The summed E-state index contributed by atoms with van der Waals surface area (Å²) in [5.41, 5.74) is 5.40. The number of para-hydroxylation sites is 1. The standard InChI is InChI=1S/C22H22N4O/c1-2-16-4-3-5-20-18(14-25-21(16)20)10-11-24-22(27)17-6-8-19(9-7-17)26-13-12-23-15-26/h3-9,12-15,25H,2,10-11H2,1H3,(H,24,27). The van der Waals surface area contributed by atoms with Crippen molar-refractivity contribution in [2.75, 3.05) is 6.54 Å². The van der Waals surface area contributed by atoms with Gasteiger partial charge in [0.25, 0.3) is 5.91 Å². The monoisotopic (exact) mass is 358 g/mol. The fourth-order valence-electron chi connectivity index (χ4n) is 3.39. The van der Waals surface area contributed by atoms with Gasteiger partial charge >= 0.3 is 0 Å². The van der Waals surface area contributed by atoms with Gasteiger partial charge in [0.15, 0.2) is 0 Å². The maximum Gasteiger partial charge on any atom is 0.251 e. The van der Waals surface area contributed by atoms with Crippen molar-refractivity contribution in [1.29, 1.82) is 0 Å². The van der Waals surface area contributed by atoms with Crippen LogP contribution in [0.3, 0.4) is 0 Å². The summed E-state index contributed by atoms with van der Waals surface area (Å²) in [5.74, 6) is -0.0544. The molecule has 5 heteroatoms. The molecule has 0 fully saturated rings. The van der Waals surface area contributed by atoms with Crippen LogP contribution in [0.5, 0.6) is 0 Å². The Bertz CT molecular complexity index is 1050. The van der Waals surface area contributed by atoms with Crippen molar-refractivity contribution < 1.29 is 4.79 Å². The zero-order valence-electron chi connectivity index (χ0n) is 15.3. The van der Waals surface area contributed by atoms with E-state index in [1.54, 1.807) is 12.5 Å². The number of nitrogens with zero attached hydrogens (tertiary/aromatic N) is 2. The average Bonchev–Trinajstić information content (AvgIpc) is 3.38. The Hall–Kier alpha value is -3.34. The maximum absolute atomic E-state index is 12.4. The van der Waals surface area contributed by atoms with E-state index in [4.69, 9.17) is 0 Å². The summed E-state index contributed by atoms with van der Waals surface area (Å²) in [6.07, 6.45) is 9.19. The molecule has 0 saturated heterocycles. The van der Waals surface area contributed by atoms with E-state index < -0.39 is 0 Å². The highest BCUT2D eigenvalue weighted by Gasteiger charge is 2.09. The third-order valence-corrected chi connectivity index (χ3v) is 4.88. The van der Waals surface area contributed by atoms with Crippen LogP contribution in [0, 0.1) is 0 Å². The summed E-state index contributed by atoms with van der Waals surface area (Å²) >= 11 is 0. The number of aromatic nitrogens is 3. The van der Waals surface area contributed by atoms with Crippen LogP contribution in [-0.2, 0) is 12.8 Å². The number of rotatable bonds is 6. The summed E-state index contributed by atoms with van der Waals surface area (Å²) in [4.78, 5) is 19.8. The van der Waals surface area contributed by atoms with E-state index >= 15 is 0 Å². The van der Waals surface area contributed by atoms with Crippen molar-refractivity contribution in [2.24, 2.45) is 0 Å². The lowest BCUT2D eigenvalue weighted by molar-refractivity contribution is 0.0954. The molecule has 5 nitrogen and oxygen atoms in total. The van der Waals surface area contributed by atoms with Crippen molar-refractivity contribution in [3.05, 3.63) is 84.1 Å². The highest BCUT2D eigenvalue weighted by atomic mass is 16.1. The molecule has 0 aliphatic carbocycles. The molecule has 136 valence electrons. The first kappa shape index (κ1) is 17.1. The molecule has 4 rings (SSSR count). The number of imidazole rings is 1. The molecule has 0 atom stereocenters. The van der Waals surface area contributed by atoms with Gasteiger partial charge in [0, 0.05) is 47.3 Å². The van der Waals surface area contributed by atoms with Gasteiger partial charge in [-0.3, -0.25) is 4.79 Å². The van der Waals surface area contributed by atoms with Crippen LogP contribution in [0.1, 0.15) is 28.4 Å². The van der Waals surface area contributed by atoms with Gasteiger partial charge in [0.2, 0.25) is 0 Å². The van der Waals surface area contributed by atoms with E-state index in [9.17, 15) is 4.79 Å². The highest BCUT2D eigenvalue weighted by molar-refractivity contribution is 5.94. The predicted molar refractivity (Wildman–Crippen MR) is 107 cm³/mol. The first-order valence-electron chi connectivity index (χ1n) is 9.20. The third kappa shape index (κ3) is 3.49. The minimum Gasteiger partial charge on any atom is -0.361 e. The van der Waals surface area contributed by atoms with E-state index in [0.29, 0.717) is 12.1 Å². The van der Waals surface area contributed by atoms with Crippen molar-refractivity contribution in [3.8, 4) is 5.69 Å². The fraction of sp³-hybridized carbons (Fsp3) is 0.182. The average molecular weight is 358 g/mol. The number of aromatic amines is 1. The number of amides is 1. The Morgan fingerprint density at radius 2 is 2.00 bits per heavy atom. The number of nitrogens with one attached hydrogen (secondary N) is 2. The Labute approximate surface area is 158 Å². The molecule has 0 bridgehead atoms. The Balaban J connectivity index is 1.38. The van der Waals surface area contributed by atoms with Gasteiger partial charge in [-0.25, -0.2) is 4.98 Å². The molecule has 1 amide bonds. The summed E-state index contributed by atoms with van der Waals surface area (Å²) in [7, 11) is 0. The van der Waals surface area contributed by atoms with Crippen molar-refractivity contribution in [1.82, 2.24) is 19.9 Å². The molecule has 2 aromatic heterocycles. The lowest BCUT2D eigenvalue weighted by atomic mass is 10.1. The molecule has 27 heavy (non-hydrogen) atoms. The summed E-state index contributed by atoms with van der Waals surface area (Å²) in [5, 5.41) is 4.26. The Morgan fingerprint density at radius 3 is 2.74 bits per heavy atom. The predicted octanol–water partition coefficient (Wildman–Crippen LogP) is 3.89. The van der Waals surface area contributed by atoms with Crippen molar-refractivity contribution in [2.45, 2.75) is 19.8 Å². The van der Waals surface area contributed by atoms with Crippen LogP contribution in [0.15, 0.2) is 67.4 Å². The van der Waals surface area contributed by atoms with Gasteiger partial charge in [0.05, 0.1) is 6.33 Å².